The number of hydrogen-bond acceptors (Lipinski definition) is 1. The van der Waals surface area contributed by atoms with Gasteiger partial charge >= 0.3 is 0 Å². The molecule has 4 heteroatoms. The molecule has 0 saturated carbocycles. The third-order valence-corrected chi connectivity index (χ3v) is 1.77. The third-order valence-electron chi connectivity index (χ3n) is 1.77. The smallest absolute Gasteiger partial charge is 0.173 e. The fourth-order valence-electron chi connectivity index (χ4n) is 1.22. The Kier molecular flexibility index (Phi) is 1.58. The summed E-state index contributed by atoms with van der Waals surface area (Å²) in [6.45, 7) is 1.54. The van der Waals surface area contributed by atoms with Crippen LogP contribution >= 0.6 is 0 Å². The molecule has 0 N–H and O–H groups in total. The molecule has 13 heavy (non-hydrogen) atoms. The Morgan fingerprint density at radius 1 is 1.08 bits per heavy atom. The highest BCUT2D eigenvalue weighted by molar-refractivity contribution is 5.79. The second-order valence-corrected chi connectivity index (χ2v) is 2.75. The van der Waals surface area contributed by atoms with Crippen LogP contribution in [0.5, 0.6) is 0 Å². The lowest BCUT2D eigenvalue weighted by atomic mass is 10.2. The summed E-state index contributed by atoms with van der Waals surface area (Å²) in [5.74, 6) is -2.82. The fraction of sp³-hybridized carbons (Fsp3) is 0.111. The SMILES string of the molecule is Cc1cc2c(F)c(F)cc(F)c2o1. The Balaban J connectivity index is 2.95. The summed E-state index contributed by atoms with van der Waals surface area (Å²) < 4.78 is 43.4. The number of fused-ring (bicyclic) bond motifs is 1. The van der Waals surface area contributed by atoms with Crippen LogP contribution in [-0.2, 0) is 0 Å². The first-order valence-corrected chi connectivity index (χ1v) is 3.63. The lowest BCUT2D eigenvalue weighted by molar-refractivity contribution is 0.493. The van der Waals surface area contributed by atoms with Crippen molar-refractivity contribution in [1.29, 1.82) is 0 Å². The highest BCUT2D eigenvalue weighted by Crippen LogP contribution is 2.26. The zero-order valence-corrected chi connectivity index (χ0v) is 6.70. The predicted octanol–water partition coefficient (Wildman–Crippen LogP) is 3.16. The molecule has 0 aliphatic rings. The summed E-state index contributed by atoms with van der Waals surface area (Å²) in [6, 6.07) is 1.73. The molecule has 1 aromatic heterocycles. The van der Waals surface area contributed by atoms with Gasteiger partial charge in [-0.25, -0.2) is 13.2 Å². The van der Waals surface area contributed by atoms with Gasteiger partial charge in [-0.05, 0) is 13.0 Å². The molecule has 0 saturated heterocycles. The average molecular weight is 186 g/mol. The van der Waals surface area contributed by atoms with Gasteiger partial charge in [-0.2, -0.15) is 0 Å². The Morgan fingerprint density at radius 3 is 2.46 bits per heavy atom. The quantitative estimate of drug-likeness (QED) is 0.576. The number of furan rings is 1. The normalized spacial score (nSPS) is 11.1. The van der Waals surface area contributed by atoms with E-state index in [1.165, 1.54) is 13.0 Å². The Morgan fingerprint density at radius 2 is 1.77 bits per heavy atom. The molecule has 0 aliphatic carbocycles. The number of halogens is 3. The van der Waals surface area contributed by atoms with E-state index in [-0.39, 0.29) is 11.0 Å². The predicted molar refractivity (Wildman–Crippen MR) is 40.8 cm³/mol. The third kappa shape index (κ3) is 1.09. The lowest BCUT2D eigenvalue weighted by Crippen LogP contribution is -1.86. The molecule has 0 fully saturated rings. The van der Waals surface area contributed by atoms with Crippen molar-refractivity contribution in [2.75, 3.05) is 0 Å². The van der Waals surface area contributed by atoms with Crippen LogP contribution in [0.25, 0.3) is 11.0 Å². The molecule has 0 atom stereocenters. The van der Waals surface area contributed by atoms with Crippen LogP contribution in [0, 0.1) is 24.4 Å². The maximum Gasteiger partial charge on any atom is 0.173 e. The minimum Gasteiger partial charge on any atom is -0.458 e. The zero-order valence-electron chi connectivity index (χ0n) is 6.70. The van der Waals surface area contributed by atoms with E-state index in [0.717, 1.165) is 0 Å². The van der Waals surface area contributed by atoms with Crippen molar-refractivity contribution >= 4 is 11.0 Å². The van der Waals surface area contributed by atoms with Crippen molar-refractivity contribution < 1.29 is 17.6 Å². The summed E-state index contributed by atoms with van der Waals surface area (Å²) in [5, 5.41) is -0.157. The van der Waals surface area contributed by atoms with E-state index in [1.807, 2.05) is 0 Å². The standard InChI is InChI=1S/C9H5F3O/c1-4-2-5-8(12)6(10)3-7(11)9(5)13-4/h2-3H,1H3. The molecule has 2 rings (SSSR count). The van der Waals surface area contributed by atoms with Gasteiger partial charge in [-0.1, -0.05) is 0 Å². The van der Waals surface area contributed by atoms with Gasteiger partial charge in [0.2, 0.25) is 0 Å². The van der Waals surface area contributed by atoms with Crippen LogP contribution in [0.15, 0.2) is 16.5 Å². The van der Waals surface area contributed by atoms with E-state index in [2.05, 4.69) is 0 Å². The molecule has 68 valence electrons. The molecule has 0 unspecified atom stereocenters. The molecule has 1 nitrogen and oxygen atoms in total. The summed E-state index contributed by atoms with van der Waals surface area (Å²) in [5.41, 5.74) is -0.239. The Hall–Kier alpha value is -1.45. The number of benzene rings is 1. The molecule has 0 spiro atoms. The van der Waals surface area contributed by atoms with Crippen LogP contribution < -0.4 is 0 Å². The molecular formula is C9H5F3O. The van der Waals surface area contributed by atoms with E-state index in [9.17, 15) is 13.2 Å². The van der Waals surface area contributed by atoms with Crippen molar-refractivity contribution in [3.05, 3.63) is 35.3 Å². The largest absolute Gasteiger partial charge is 0.458 e. The maximum atomic E-state index is 13.0. The zero-order chi connectivity index (χ0) is 9.59. The second kappa shape index (κ2) is 2.52. The van der Waals surface area contributed by atoms with Crippen LogP contribution in [-0.4, -0.2) is 0 Å². The number of aryl methyl sites for hydroxylation is 1. The summed E-state index contributed by atoms with van der Waals surface area (Å²) in [6.07, 6.45) is 0. The number of hydrogen-bond donors (Lipinski definition) is 0. The minimum absolute atomic E-state index is 0.157. The van der Waals surface area contributed by atoms with Crippen LogP contribution in [0.1, 0.15) is 5.76 Å². The fourth-order valence-corrected chi connectivity index (χ4v) is 1.22. The van der Waals surface area contributed by atoms with Gasteiger partial charge in [0, 0.05) is 6.07 Å². The topological polar surface area (TPSA) is 13.1 Å². The lowest BCUT2D eigenvalue weighted by Gasteiger charge is -1.94. The molecule has 0 bridgehead atoms. The van der Waals surface area contributed by atoms with E-state index >= 15 is 0 Å². The Labute approximate surface area is 71.8 Å². The highest BCUT2D eigenvalue weighted by Gasteiger charge is 2.15. The molecule has 0 radical (unpaired) electrons. The summed E-state index contributed by atoms with van der Waals surface area (Å²) in [7, 11) is 0. The molecule has 1 aromatic carbocycles. The average Bonchev–Trinajstić information content (AvgIpc) is 2.44. The first kappa shape index (κ1) is 8.16. The molecular weight excluding hydrogens is 181 g/mol. The molecule has 2 aromatic rings. The van der Waals surface area contributed by atoms with Crippen LogP contribution in [0.4, 0.5) is 13.2 Å². The first-order valence-electron chi connectivity index (χ1n) is 3.63. The summed E-state index contributed by atoms with van der Waals surface area (Å²) >= 11 is 0. The second-order valence-electron chi connectivity index (χ2n) is 2.75. The minimum atomic E-state index is -1.20. The van der Waals surface area contributed by atoms with Gasteiger partial charge < -0.3 is 4.42 Å². The van der Waals surface area contributed by atoms with Gasteiger partial charge in [0.1, 0.15) is 5.76 Å². The first-order chi connectivity index (χ1) is 6.09. The maximum absolute atomic E-state index is 13.0. The van der Waals surface area contributed by atoms with Crippen molar-refractivity contribution in [3.63, 3.8) is 0 Å². The Bertz CT molecular complexity index is 473. The number of rotatable bonds is 0. The van der Waals surface area contributed by atoms with Crippen molar-refractivity contribution in [2.24, 2.45) is 0 Å². The van der Waals surface area contributed by atoms with E-state index in [4.69, 9.17) is 4.42 Å². The summed E-state index contributed by atoms with van der Waals surface area (Å²) in [4.78, 5) is 0. The molecule has 1 heterocycles. The van der Waals surface area contributed by atoms with E-state index in [0.29, 0.717) is 11.8 Å². The molecule has 0 aliphatic heterocycles. The van der Waals surface area contributed by atoms with Gasteiger partial charge in [-0.3, -0.25) is 0 Å². The van der Waals surface area contributed by atoms with Crippen molar-refractivity contribution in [3.8, 4) is 0 Å². The van der Waals surface area contributed by atoms with Crippen LogP contribution in [0.3, 0.4) is 0 Å². The van der Waals surface area contributed by atoms with Gasteiger partial charge in [0.05, 0.1) is 5.39 Å². The van der Waals surface area contributed by atoms with Gasteiger partial charge in [-0.15, -0.1) is 0 Å². The van der Waals surface area contributed by atoms with Crippen molar-refractivity contribution in [1.82, 2.24) is 0 Å². The van der Waals surface area contributed by atoms with E-state index < -0.39 is 17.5 Å². The van der Waals surface area contributed by atoms with Crippen LogP contribution in [0.2, 0.25) is 0 Å². The van der Waals surface area contributed by atoms with Gasteiger partial charge in [0.15, 0.2) is 23.0 Å². The molecule has 0 amide bonds. The van der Waals surface area contributed by atoms with E-state index in [1.54, 1.807) is 0 Å². The van der Waals surface area contributed by atoms with Gasteiger partial charge in [0.25, 0.3) is 0 Å². The highest BCUT2D eigenvalue weighted by atomic mass is 19.2. The monoisotopic (exact) mass is 186 g/mol. The van der Waals surface area contributed by atoms with Crippen molar-refractivity contribution in [2.45, 2.75) is 6.92 Å².